The van der Waals surface area contributed by atoms with Crippen molar-refractivity contribution in [2.75, 3.05) is 6.61 Å². The van der Waals surface area contributed by atoms with Crippen LogP contribution in [0.5, 0.6) is 0 Å². The fourth-order valence-electron chi connectivity index (χ4n) is 1.15. The van der Waals surface area contributed by atoms with E-state index in [0.29, 0.717) is 17.3 Å². The summed E-state index contributed by atoms with van der Waals surface area (Å²) < 4.78 is 1.65. The average molecular weight is 198 g/mol. The highest BCUT2D eigenvalue weighted by molar-refractivity contribution is 6.29. The highest BCUT2D eigenvalue weighted by Gasteiger charge is 2.01. The van der Waals surface area contributed by atoms with Gasteiger partial charge in [-0.05, 0) is 12.1 Å². The number of pyridine rings is 1. The molecule has 4 nitrogen and oxygen atoms in total. The first kappa shape index (κ1) is 8.47. The number of aromatic nitrogens is 3. The van der Waals surface area contributed by atoms with Crippen LogP contribution >= 0.6 is 11.6 Å². The Morgan fingerprint density at radius 2 is 2.31 bits per heavy atom. The van der Waals surface area contributed by atoms with Crippen molar-refractivity contribution in [3.63, 3.8) is 0 Å². The average Bonchev–Trinajstić information content (AvgIpc) is 2.46. The lowest BCUT2D eigenvalue weighted by Gasteiger charge is -1.92. The van der Waals surface area contributed by atoms with E-state index in [2.05, 4.69) is 10.1 Å². The molecule has 0 saturated heterocycles. The third kappa shape index (κ3) is 1.64. The Bertz CT molecular complexity index is 426. The van der Waals surface area contributed by atoms with Crippen LogP contribution in [0.25, 0.3) is 11.0 Å². The van der Waals surface area contributed by atoms with Crippen molar-refractivity contribution in [1.82, 2.24) is 14.8 Å². The van der Waals surface area contributed by atoms with E-state index in [9.17, 15) is 0 Å². The predicted octanol–water partition coefficient (Wildman–Crippen LogP) is 1.08. The lowest BCUT2D eigenvalue weighted by molar-refractivity contribution is 0.270. The van der Waals surface area contributed by atoms with E-state index in [1.165, 1.54) is 0 Å². The van der Waals surface area contributed by atoms with E-state index < -0.39 is 0 Å². The van der Waals surface area contributed by atoms with Crippen molar-refractivity contribution in [2.24, 2.45) is 0 Å². The first-order valence-corrected chi connectivity index (χ1v) is 4.28. The summed E-state index contributed by atoms with van der Waals surface area (Å²) in [7, 11) is 0. The minimum Gasteiger partial charge on any atom is -0.394 e. The summed E-state index contributed by atoms with van der Waals surface area (Å²) in [6.45, 7) is 0.551. The summed E-state index contributed by atoms with van der Waals surface area (Å²) in [6.07, 6.45) is 1.83. The molecule has 2 aromatic heterocycles. The molecule has 2 heterocycles. The SMILES string of the molecule is OCCn1cc2ccc(Cl)nc2n1. The summed E-state index contributed by atoms with van der Waals surface area (Å²) >= 11 is 5.70. The highest BCUT2D eigenvalue weighted by atomic mass is 35.5. The van der Waals surface area contributed by atoms with Gasteiger partial charge in [0.15, 0.2) is 5.65 Å². The van der Waals surface area contributed by atoms with Crippen LogP contribution in [-0.4, -0.2) is 26.5 Å². The molecule has 2 aromatic rings. The van der Waals surface area contributed by atoms with Crippen LogP contribution in [0.2, 0.25) is 5.15 Å². The first-order valence-electron chi connectivity index (χ1n) is 3.90. The highest BCUT2D eigenvalue weighted by Crippen LogP contribution is 2.13. The van der Waals surface area contributed by atoms with Crippen LogP contribution in [0.1, 0.15) is 0 Å². The van der Waals surface area contributed by atoms with Crippen LogP contribution in [-0.2, 0) is 6.54 Å². The van der Waals surface area contributed by atoms with E-state index >= 15 is 0 Å². The van der Waals surface area contributed by atoms with E-state index in [1.807, 2.05) is 12.3 Å². The van der Waals surface area contributed by atoms with Gasteiger partial charge in [0.1, 0.15) is 5.15 Å². The fourth-order valence-corrected chi connectivity index (χ4v) is 1.29. The molecule has 0 atom stereocenters. The molecule has 0 bridgehead atoms. The van der Waals surface area contributed by atoms with Crippen LogP contribution in [0.15, 0.2) is 18.3 Å². The second-order valence-corrected chi connectivity index (χ2v) is 3.05. The van der Waals surface area contributed by atoms with E-state index in [-0.39, 0.29) is 6.61 Å². The van der Waals surface area contributed by atoms with Crippen LogP contribution in [0.4, 0.5) is 0 Å². The number of aliphatic hydroxyl groups is 1. The molecular formula is C8H8ClN3O. The monoisotopic (exact) mass is 197 g/mol. The van der Waals surface area contributed by atoms with Gasteiger partial charge in [-0.15, -0.1) is 0 Å². The molecule has 0 spiro atoms. The van der Waals surface area contributed by atoms with E-state index in [4.69, 9.17) is 16.7 Å². The second kappa shape index (κ2) is 3.32. The van der Waals surface area contributed by atoms with Gasteiger partial charge in [-0.1, -0.05) is 11.6 Å². The van der Waals surface area contributed by atoms with Crippen molar-refractivity contribution in [1.29, 1.82) is 0 Å². The summed E-state index contributed by atoms with van der Waals surface area (Å²) in [5.74, 6) is 0. The standard InChI is InChI=1S/C8H8ClN3O/c9-7-2-1-6-5-12(3-4-13)11-8(6)10-7/h1-2,5,13H,3-4H2. The van der Waals surface area contributed by atoms with Crippen molar-refractivity contribution in [3.05, 3.63) is 23.5 Å². The number of nitrogens with zero attached hydrogens (tertiary/aromatic N) is 3. The number of aliphatic hydroxyl groups excluding tert-OH is 1. The quantitative estimate of drug-likeness (QED) is 0.733. The van der Waals surface area contributed by atoms with Crippen molar-refractivity contribution in [2.45, 2.75) is 6.54 Å². The van der Waals surface area contributed by atoms with E-state index in [0.717, 1.165) is 5.39 Å². The van der Waals surface area contributed by atoms with Gasteiger partial charge in [0.2, 0.25) is 0 Å². The summed E-state index contributed by atoms with van der Waals surface area (Å²) in [4.78, 5) is 4.03. The number of hydrogen-bond acceptors (Lipinski definition) is 3. The zero-order chi connectivity index (χ0) is 9.26. The molecule has 0 fully saturated rings. The number of hydrogen-bond donors (Lipinski definition) is 1. The maximum atomic E-state index is 8.69. The molecule has 0 aliphatic carbocycles. The van der Waals surface area contributed by atoms with Gasteiger partial charge in [0.05, 0.1) is 13.2 Å². The zero-order valence-electron chi connectivity index (χ0n) is 6.81. The predicted molar refractivity (Wildman–Crippen MR) is 49.6 cm³/mol. The fraction of sp³-hybridized carbons (Fsp3) is 0.250. The van der Waals surface area contributed by atoms with Gasteiger partial charge >= 0.3 is 0 Å². The molecular weight excluding hydrogens is 190 g/mol. The Morgan fingerprint density at radius 1 is 1.46 bits per heavy atom. The largest absolute Gasteiger partial charge is 0.394 e. The molecule has 13 heavy (non-hydrogen) atoms. The lowest BCUT2D eigenvalue weighted by atomic mass is 10.4. The third-order valence-electron chi connectivity index (χ3n) is 1.71. The topological polar surface area (TPSA) is 50.9 Å². The number of halogens is 1. The van der Waals surface area contributed by atoms with Crippen LogP contribution in [0.3, 0.4) is 0 Å². The van der Waals surface area contributed by atoms with Crippen LogP contribution in [0, 0.1) is 0 Å². The maximum absolute atomic E-state index is 8.69. The van der Waals surface area contributed by atoms with Gasteiger partial charge in [-0.3, -0.25) is 4.68 Å². The molecule has 0 saturated carbocycles. The Hall–Kier alpha value is -1.13. The molecule has 5 heteroatoms. The summed E-state index contributed by atoms with van der Waals surface area (Å²) in [6, 6.07) is 3.57. The van der Waals surface area contributed by atoms with Gasteiger partial charge in [0, 0.05) is 11.6 Å². The zero-order valence-corrected chi connectivity index (χ0v) is 7.57. The van der Waals surface area contributed by atoms with Gasteiger partial charge in [-0.2, -0.15) is 5.10 Å². The smallest absolute Gasteiger partial charge is 0.182 e. The molecule has 0 amide bonds. The first-order chi connectivity index (χ1) is 6.29. The summed E-state index contributed by atoms with van der Waals surface area (Å²) in [5.41, 5.74) is 0.612. The van der Waals surface area contributed by atoms with Gasteiger partial charge < -0.3 is 5.11 Å². The molecule has 0 unspecified atom stereocenters. The Kier molecular flexibility index (Phi) is 2.16. The lowest BCUT2D eigenvalue weighted by Crippen LogP contribution is -2.01. The molecule has 1 N–H and O–H groups in total. The molecule has 0 radical (unpaired) electrons. The van der Waals surface area contributed by atoms with Gasteiger partial charge in [-0.25, -0.2) is 4.98 Å². The minimum atomic E-state index is 0.0712. The number of rotatable bonds is 2. The third-order valence-corrected chi connectivity index (χ3v) is 1.92. The summed E-state index contributed by atoms with van der Waals surface area (Å²) in [5, 5.41) is 14.2. The second-order valence-electron chi connectivity index (χ2n) is 2.66. The van der Waals surface area contributed by atoms with Gasteiger partial charge in [0.25, 0.3) is 0 Å². The normalized spacial score (nSPS) is 10.9. The number of fused-ring (bicyclic) bond motifs is 1. The maximum Gasteiger partial charge on any atom is 0.182 e. The molecule has 0 aliphatic rings. The minimum absolute atomic E-state index is 0.0712. The Morgan fingerprint density at radius 3 is 3.08 bits per heavy atom. The Balaban J connectivity index is 2.49. The molecule has 2 rings (SSSR count). The van der Waals surface area contributed by atoms with Crippen molar-refractivity contribution >= 4 is 22.6 Å². The molecule has 0 aromatic carbocycles. The molecule has 0 aliphatic heterocycles. The Labute approximate surface area is 79.8 Å². The van der Waals surface area contributed by atoms with Crippen molar-refractivity contribution < 1.29 is 5.11 Å². The molecule has 68 valence electrons. The van der Waals surface area contributed by atoms with E-state index in [1.54, 1.807) is 10.7 Å². The van der Waals surface area contributed by atoms with Crippen molar-refractivity contribution in [3.8, 4) is 0 Å². The van der Waals surface area contributed by atoms with Crippen LogP contribution < -0.4 is 0 Å².